The van der Waals surface area contributed by atoms with E-state index in [4.69, 9.17) is 14.2 Å². The number of amides is 4. The van der Waals surface area contributed by atoms with Crippen molar-refractivity contribution in [2.45, 2.75) is 88.9 Å². The molecule has 37 heavy (non-hydrogen) atoms. The van der Waals surface area contributed by atoms with Gasteiger partial charge in [0.05, 0.1) is 12.1 Å². The Morgan fingerprint density at radius 3 is 1.51 bits per heavy atom. The van der Waals surface area contributed by atoms with Crippen LogP contribution >= 0.6 is 0 Å². The highest BCUT2D eigenvalue weighted by Gasteiger charge is 2.55. The standard InChI is InChI=1S/C20H30N4O13/c1-5(25)21-9-12(24-8(4)28)20(37-15(13(9)29)17(30)31)36-14-10(22-6(2)26)11(23-7(3)27)19(34)35-16(14)18(32)33/h9-16,19-20,29,34H,1-4H3,(H,21,25)(H,22,26)(H,23,27)(H,24,28)(H,30,31)(H,32,33)/t9-,10-,11-,12-,13+,14+,15+,16+,19+,20-/m1/s1. The van der Waals surface area contributed by atoms with Crippen LogP contribution < -0.4 is 21.3 Å². The van der Waals surface area contributed by atoms with Crippen molar-refractivity contribution >= 4 is 35.6 Å². The van der Waals surface area contributed by atoms with E-state index in [1.165, 1.54) is 0 Å². The molecule has 0 aromatic carbocycles. The molecule has 0 bridgehead atoms. The van der Waals surface area contributed by atoms with Gasteiger partial charge in [0.1, 0.15) is 24.3 Å². The van der Waals surface area contributed by atoms with E-state index in [0.717, 1.165) is 27.7 Å². The highest BCUT2D eigenvalue weighted by atomic mass is 16.7. The van der Waals surface area contributed by atoms with Crippen LogP contribution in [0.15, 0.2) is 0 Å². The molecule has 10 atom stereocenters. The molecule has 2 aliphatic rings. The molecule has 2 fully saturated rings. The third-order valence-electron chi connectivity index (χ3n) is 5.53. The molecule has 0 aromatic rings. The number of rotatable bonds is 8. The second kappa shape index (κ2) is 12.2. The highest BCUT2D eigenvalue weighted by molar-refractivity contribution is 5.78. The monoisotopic (exact) mass is 534 g/mol. The molecule has 0 radical (unpaired) electrons. The van der Waals surface area contributed by atoms with E-state index in [2.05, 4.69) is 21.3 Å². The van der Waals surface area contributed by atoms with Gasteiger partial charge in [-0.15, -0.1) is 0 Å². The van der Waals surface area contributed by atoms with Crippen LogP contribution in [-0.4, -0.2) is 117 Å². The van der Waals surface area contributed by atoms with Crippen molar-refractivity contribution in [3.05, 3.63) is 0 Å². The fourth-order valence-corrected chi connectivity index (χ4v) is 4.20. The maximum Gasteiger partial charge on any atom is 0.335 e. The lowest BCUT2D eigenvalue weighted by atomic mass is 9.91. The van der Waals surface area contributed by atoms with Crippen LogP contribution in [0.2, 0.25) is 0 Å². The number of hydrogen-bond acceptors (Lipinski definition) is 11. The Kier molecular flexibility index (Phi) is 9.87. The summed E-state index contributed by atoms with van der Waals surface area (Å²) >= 11 is 0. The van der Waals surface area contributed by atoms with Gasteiger partial charge in [0.25, 0.3) is 0 Å². The van der Waals surface area contributed by atoms with Gasteiger partial charge >= 0.3 is 11.9 Å². The molecule has 17 nitrogen and oxygen atoms in total. The third kappa shape index (κ3) is 7.32. The molecule has 4 amide bonds. The number of nitrogens with one attached hydrogen (secondary N) is 4. The fourth-order valence-electron chi connectivity index (χ4n) is 4.20. The summed E-state index contributed by atoms with van der Waals surface area (Å²) in [5, 5.41) is 49.6. The lowest BCUT2D eigenvalue weighted by Gasteiger charge is -2.48. The van der Waals surface area contributed by atoms with Crippen LogP contribution in [0.3, 0.4) is 0 Å². The maximum atomic E-state index is 12.0. The lowest BCUT2D eigenvalue weighted by Crippen LogP contribution is -2.73. The summed E-state index contributed by atoms with van der Waals surface area (Å²) in [4.78, 5) is 71.1. The first-order valence-electron chi connectivity index (χ1n) is 11.0. The highest BCUT2D eigenvalue weighted by Crippen LogP contribution is 2.29. The fraction of sp³-hybridized carbons (Fsp3) is 0.700. The number of ether oxygens (including phenoxy) is 3. The predicted molar refractivity (Wildman–Crippen MR) is 116 cm³/mol. The van der Waals surface area contributed by atoms with E-state index in [0.29, 0.717) is 0 Å². The molecule has 17 heteroatoms. The average molecular weight is 534 g/mol. The first kappa shape index (κ1) is 29.8. The Morgan fingerprint density at radius 1 is 0.622 bits per heavy atom. The van der Waals surface area contributed by atoms with Crippen molar-refractivity contribution in [2.24, 2.45) is 0 Å². The van der Waals surface area contributed by atoms with Crippen LogP contribution in [0.25, 0.3) is 0 Å². The number of hydrogen-bond donors (Lipinski definition) is 8. The van der Waals surface area contributed by atoms with Gasteiger partial charge in [-0.3, -0.25) is 19.2 Å². The Morgan fingerprint density at radius 2 is 1.05 bits per heavy atom. The summed E-state index contributed by atoms with van der Waals surface area (Å²) in [5.74, 6) is -6.15. The van der Waals surface area contributed by atoms with Crippen LogP contribution in [0.4, 0.5) is 0 Å². The number of carboxylic acids is 2. The Bertz CT molecular complexity index is 930. The van der Waals surface area contributed by atoms with Gasteiger partial charge in [-0.1, -0.05) is 0 Å². The van der Waals surface area contributed by atoms with E-state index in [1.807, 2.05) is 0 Å². The predicted octanol–water partition coefficient (Wildman–Crippen LogP) is -4.64. The lowest BCUT2D eigenvalue weighted by molar-refractivity contribution is -0.297. The molecule has 0 spiro atoms. The van der Waals surface area contributed by atoms with Gasteiger partial charge in [0, 0.05) is 27.7 Å². The van der Waals surface area contributed by atoms with E-state index < -0.39 is 96.7 Å². The molecule has 0 saturated carbocycles. The minimum atomic E-state index is -2.00. The molecule has 2 aliphatic heterocycles. The number of aliphatic carboxylic acids is 2. The second-order valence-electron chi connectivity index (χ2n) is 8.55. The summed E-state index contributed by atoms with van der Waals surface area (Å²) in [6.45, 7) is 4.30. The Balaban J connectivity index is 2.58. The summed E-state index contributed by atoms with van der Waals surface area (Å²) in [7, 11) is 0. The van der Waals surface area contributed by atoms with Crippen molar-refractivity contribution < 1.29 is 63.4 Å². The SMILES string of the molecule is CC(=O)N[C@@H]1[C@@H](NC(C)=O)[C@@H](O)O[C@H](C(=O)O)[C@H]1O[C@@H]1O[C@H](C(=O)O)[C@@H](O)[C@H](NC(C)=O)[C@H]1NC(C)=O. The quantitative estimate of drug-likeness (QED) is 0.146. The average Bonchev–Trinajstić information content (AvgIpc) is 2.74. The van der Waals surface area contributed by atoms with E-state index in [9.17, 15) is 49.2 Å². The molecule has 208 valence electrons. The molecule has 2 rings (SSSR count). The van der Waals surface area contributed by atoms with Gasteiger partial charge in [-0.2, -0.15) is 0 Å². The molecule has 0 aliphatic carbocycles. The molecular formula is C20H30N4O13. The van der Waals surface area contributed by atoms with Crippen molar-refractivity contribution in [1.82, 2.24) is 21.3 Å². The van der Waals surface area contributed by atoms with Crippen molar-refractivity contribution in [3.8, 4) is 0 Å². The van der Waals surface area contributed by atoms with Crippen LogP contribution in [0.5, 0.6) is 0 Å². The first-order valence-corrected chi connectivity index (χ1v) is 11.0. The van der Waals surface area contributed by atoms with Gasteiger partial charge in [0.15, 0.2) is 24.8 Å². The second-order valence-corrected chi connectivity index (χ2v) is 8.55. The molecule has 2 saturated heterocycles. The van der Waals surface area contributed by atoms with Gasteiger partial charge in [-0.05, 0) is 0 Å². The molecule has 0 aromatic heterocycles. The minimum Gasteiger partial charge on any atom is -0.479 e. The topological polar surface area (TPSA) is 259 Å². The van der Waals surface area contributed by atoms with Crippen LogP contribution in [0.1, 0.15) is 27.7 Å². The van der Waals surface area contributed by atoms with E-state index in [-0.39, 0.29) is 0 Å². The van der Waals surface area contributed by atoms with Gasteiger partial charge in [0.2, 0.25) is 23.6 Å². The Labute approximate surface area is 209 Å². The zero-order chi connectivity index (χ0) is 28.2. The number of carboxylic acid groups (broad SMARTS) is 2. The summed E-state index contributed by atoms with van der Waals surface area (Å²) in [6, 6.07) is -5.85. The third-order valence-corrected chi connectivity index (χ3v) is 5.53. The smallest absolute Gasteiger partial charge is 0.335 e. The maximum absolute atomic E-state index is 12.0. The number of aliphatic hydroxyl groups is 2. The molecular weight excluding hydrogens is 504 g/mol. The van der Waals surface area contributed by atoms with Crippen molar-refractivity contribution in [2.75, 3.05) is 0 Å². The zero-order valence-electron chi connectivity index (χ0n) is 20.2. The van der Waals surface area contributed by atoms with Crippen LogP contribution in [0, 0.1) is 0 Å². The number of aliphatic hydroxyl groups excluding tert-OH is 2. The van der Waals surface area contributed by atoms with Crippen LogP contribution in [-0.2, 0) is 43.0 Å². The summed E-state index contributed by atoms with van der Waals surface area (Å²) < 4.78 is 16.3. The largest absolute Gasteiger partial charge is 0.479 e. The number of carbonyl (C=O) groups excluding carboxylic acids is 4. The number of carbonyl (C=O) groups is 6. The first-order chi connectivity index (χ1) is 17.1. The van der Waals surface area contributed by atoms with Gasteiger partial charge < -0.3 is 55.9 Å². The van der Waals surface area contributed by atoms with E-state index in [1.54, 1.807) is 0 Å². The molecule has 0 unspecified atom stereocenters. The minimum absolute atomic E-state index is 0.680. The van der Waals surface area contributed by atoms with Crippen molar-refractivity contribution in [3.63, 3.8) is 0 Å². The molecule has 8 N–H and O–H groups in total. The van der Waals surface area contributed by atoms with Crippen molar-refractivity contribution in [1.29, 1.82) is 0 Å². The zero-order valence-corrected chi connectivity index (χ0v) is 20.2. The summed E-state index contributed by atoms with van der Waals surface area (Å²) in [6.07, 6.45) is -11.4. The summed E-state index contributed by atoms with van der Waals surface area (Å²) in [5.41, 5.74) is 0. The van der Waals surface area contributed by atoms with Gasteiger partial charge in [-0.25, -0.2) is 9.59 Å². The molecule has 2 heterocycles. The normalized spacial score (nSPS) is 35.5. The Hall–Kier alpha value is -3.38. The van der Waals surface area contributed by atoms with E-state index >= 15 is 0 Å².